The van der Waals surface area contributed by atoms with Gasteiger partial charge in [-0.3, -0.25) is 0 Å². The molecule has 0 amide bonds. The Balaban J connectivity index is 1.72. The molecule has 0 saturated heterocycles. The summed E-state index contributed by atoms with van der Waals surface area (Å²) in [6, 6.07) is 0. The molecule has 0 radical (unpaired) electrons. The van der Waals surface area contributed by atoms with Crippen molar-refractivity contribution < 1.29 is 14.3 Å². The molecule has 0 unspecified atom stereocenters. The zero-order valence-corrected chi connectivity index (χ0v) is 12.5. The molecule has 1 saturated carbocycles. The lowest BCUT2D eigenvalue weighted by molar-refractivity contribution is 0.0529. The number of nitrogens with two attached hydrogens (primary N) is 1. The van der Waals surface area contributed by atoms with Gasteiger partial charge in [0.1, 0.15) is 10.6 Å². The molecule has 2 rings (SSSR count). The van der Waals surface area contributed by atoms with E-state index < -0.39 is 5.97 Å². The first-order valence-corrected chi connectivity index (χ1v) is 7.73. The predicted octanol–water partition coefficient (Wildman–Crippen LogP) is 2.13. The molecule has 7 heteroatoms. The smallest absolute Gasteiger partial charge is 0.344 e. The summed E-state index contributed by atoms with van der Waals surface area (Å²) < 4.78 is 14.5. The van der Waals surface area contributed by atoms with E-state index in [0.717, 1.165) is 32.1 Å². The minimum Gasteiger partial charge on any atom is -0.462 e. The first-order valence-electron chi connectivity index (χ1n) is 6.96. The van der Waals surface area contributed by atoms with Gasteiger partial charge in [-0.2, -0.15) is 4.37 Å². The molecule has 0 bridgehead atoms. The first-order chi connectivity index (χ1) is 9.72. The fourth-order valence-corrected chi connectivity index (χ4v) is 2.46. The topological polar surface area (TPSA) is 86.5 Å². The monoisotopic (exact) mass is 299 g/mol. The largest absolute Gasteiger partial charge is 0.462 e. The highest BCUT2D eigenvalue weighted by Crippen LogP contribution is 2.29. The van der Waals surface area contributed by atoms with Crippen LogP contribution >= 0.6 is 11.5 Å². The standard InChI is InChI=1S/C13H21N3O3S/c1-2-19-13(17)10-11(14)16-20-12(10)15-6-3-7-18-8-9-4-5-9/h9,15H,2-8H2,1H3,(H2,14,16). The number of carbonyl (C=O) groups is 1. The Morgan fingerprint density at radius 1 is 1.55 bits per heavy atom. The van der Waals surface area contributed by atoms with Crippen LogP contribution in [0.3, 0.4) is 0 Å². The summed E-state index contributed by atoms with van der Waals surface area (Å²) in [5.74, 6) is 0.590. The average Bonchev–Trinajstić information content (AvgIpc) is 3.17. The Labute approximate surface area is 122 Å². The lowest BCUT2D eigenvalue weighted by atomic mass is 10.3. The van der Waals surface area contributed by atoms with Crippen molar-refractivity contribution in [2.75, 3.05) is 37.4 Å². The number of esters is 1. The fourth-order valence-electron chi connectivity index (χ4n) is 1.73. The molecule has 6 nitrogen and oxygen atoms in total. The van der Waals surface area contributed by atoms with Crippen LogP contribution in [0.4, 0.5) is 10.8 Å². The number of carbonyl (C=O) groups excluding carboxylic acids is 1. The number of nitrogens with one attached hydrogen (secondary N) is 1. The van der Waals surface area contributed by atoms with E-state index in [0.29, 0.717) is 17.2 Å². The van der Waals surface area contributed by atoms with Crippen molar-refractivity contribution in [2.24, 2.45) is 5.92 Å². The van der Waals surface area contributed by atoms with Crippen LogP contribution in [-0.4, -0.2) is 36.7 Å². The van der Waals surface area contributed by atoms with E-state index in [1.54, 1.807) is 6.92 Å². The number of aromatic nitrogens is 1. The predicted molar refractivity (Wildman–Crippen MR) is 79.1 cm³/mol. The summed E-state index contributed by atoms with van der Waals surface area (Å²) in [7, 11) is 0. The summed E-state index contributed by atoms with van der Waals surface area (Å²) in [5, 5.41) is 3.84. The highest BCUT2D eigenvalue weighted by Gasteiger charge is 2.21. The molecule has 1 fully saturated rings. The molecule has 1 aliphatic rings. The lowest BCUT2D eigenvalue weighted by Gasteiger charge is -2.07. The molecule has 0 aromatic carbocycles. The number of anilines is 2. The van der Waals surface area contributed by atoms with Crippen LogP contribution in [0, 0.1) is 5.92 Å². The Morgan fingerprint density at radius 2 is 2.35 bits per heavy atom. The van der Waals surface area contributed by atoms with Crippen LogP contribution in [0.2, 0.25) is 0 Å². The SMILES string of the molecule is CCOC(=O)c1c(N)nsc1NCCCOCC1CC1. The zero-order chi connectivity index (χ0) is 14.4. The highest BCUT2D eigenvalue weighted by atomic mass is 32.1. The second-order valence-electron chi connectivity index (χ2n) is 4.79. The van der Waals surface area contributed by atoms with E-state index in [2.05, 4.69) is 9.69 Å². The molecule has 1 aromatic rings. The van der Waals surface area contributed by atoms with Gasteiger partial charge in [-0.05, 0) is 43.6 Å². The molecule has 20 heavy (non-hydrogen) atoms. The van der Waals surface area contributed by atoms with Gasteiger partial charge in [-0.15, -0.1) is 0 Å². The third-order valence-corrected chi connectivity index (χ3v) is 3.82. The second kappa shape index (κ2) is 7.44. The number of nitrogens with zero attached hydrogens (tertiary/aromatic N) is 1. The van der Waals surface area contributed by atoms with Gasteiger partial charge < -0.3 is 20.5 Å². The van der Waals surface area contributed by atoms with Crippen LogP contribution in [0.15, 0.2) is 0 Å². The summed E-state index contributed by atoms with van der Waals surface area (Å²) in [5.41, 5.74) is 6.04. The number of rotatable bonds is 9. The van der Waals surface area contributed by atoms with Crippen LogP contribution in [0.25, 0.3) is 0 Å². The number of hydrogen-bond acceptors (Lipinski definition) is 7. The second-order valence-corrected chi connectivity index (χ2v) is 5.56. The van der Waals surface area contributed by atoms with Crippen LogP contribution in [-0.2, 0) is 9.47 Å². The average molecular weight is 299 g/mol. The summed E-state index contributed by atoms with van der Waals surface area (Å²) >= 11 is 1.18. The van der Waals surface area contributed by atoms with Gasteiger partial charge in [0.05, 0.1) is 6.61 Å². The van der Waals surface area contributed by atoms with E-state index in [1.807, 2.05) is 0 Å². The van der Waals surface area contributed by atoms with Crippen molar-refractivity contribution in [3.05, 3.63) is 5.56 Å². The fraction of sp³-hybridized carbons (Fsp3) is 0.692. The Hall–Kier alpha value is -1.34. The highest BCUT2D eigenvalue weighted by molar-refractivity contribution is 7.11. The number of hydrogen-bond donors (Lipinski definition) is 2. The molecule has 0 aliphatic heterocycles. The van der Waals surface area contributed by atoms with Crippen LogP contribution in [0.5, 0.6) is 0 Å². The van der Waals surface area contributed by atoms with Crippen molar-refractivity contribution in [3.8, 4) is 0 Å². The van der Waals surface area contributed by atoms with Gasteiger partial charge >= 0.3 is 5.97 Å². The van der Waals surface area contributed by atoms with E-state index in [9.17, 15) is 4.79 Å². The van der Waals surface area contributed by atoms with Gasteiger partial charge in [0.15, 0.2) is 5.82 Å². The van der Waals surface area contributed by atoms with Crippen molar-refractivity contribution in [3.63, 3.8) is 0 Å². The third kappa shape index (κ3) is 4.35. The summed E-state index contributed by atoms with van der Waals surface area (Å²) in [6.45, 7) is 4.41. The minimum atomic E-state index is -0.425. The summed E-state index contributed by atoms with van der Waals surface area (Å²) in [6.07, 6.45) is 3.50. The van der Waals surface area contributed by atoms with Crippen molar-refractivity contribution >= 4 is 28.3 Å². The summed E-state index contributed by atoms with van der Waals surface area (Å²) in [4.78, 5) is 11.8. The quantitative estimate of drug-likeness (QED) is 0.536. The van der Waals surface area contributed by atoms with Gasteiger partial charge in [0.25, 0.3) is 0 Å². The molecule has 1 aliphatic carbocycles. The van der Waals surface area contributed by atoms with Crippen molar-refractivity contribution in [1.82, 2.24) is 4.37 Å². The first kappa shape index (κ1) is 15.1. The molecule has 0 atom stereocenters. The van der Waals surface area contributed by atoms with Crippen molar-refractivity contribution in [2.45, 2.75) is 26.2 Å². The molecule has 1 heterocycles. The van der Waals surface area contributed by atoms with Gasteiger partial charge in [0.2, 0.25) is 0 Å². The van der Waals surface area contributed by atoms with E-state index in [-0.39, 0.29) is 5.82 Å². The maximum atomic E-state index is 11.8. The van der Waals surface area contributed by atoms with E-state index in [1.165, 1.54) is 24.4 Å². The molecule has 3 N–H and O–H groups in total. The van der Waals surface area contributed by atoms with Gasteiger partial charge in [-0.25, -0.2) is 4.79 Å². The number of ether oxygens (including phenoxy) is 2. The zero-order valence-electron chi connectivity index (χ0n) is 11.7. The Bertz CT molecular complexity index is 446. The molecule has 112 valence electrons. The van der Waals surface area contributed by atoms with E-state index >= 15 is 0 Å². The van der Waals surface area contributed by atoms with E-state index in [4.69, 9.17) is 15.2 Å². The molecular formula is C13H21N3O3S. The lowest BCUT2D eigenvalue weighted by Crippen LogP contribution is -2.11. The Morgan fingerprint density at radius 3 is 3.05 bits per heavy atom. The molecule has 1 aromatic heterocycles. The number of nitrogen functional groups attached to an aromatic ring is 1. The maximum absolute atomic E-state index is 11.8. The van der Waals surface area contributed by atoms with Crippen LogP contribution in [0.1, 0.15) is 36.5 Å². The molecule has 0 spiro atoms. The van der Waals surface area contributed by atoms with Gasteiger partial charge in [0, 0.05) is 19.8 Å². The Kier molecular flexibility index (Phi) is 5.60. The normalized spacial score (nSPS) is 14.2. The van der Waals surface area contributed by atoms with Crippen molar-refractivity contribution in [1.29, 1.82) is 0 Å². The third-order valence-electron chi connectivity index (χ3n) is 3.00. The maximum Gasteiger partial charge on any atom is 0.344 e. The molecular weight excluding hydrogens is 278 g/mol. The van der Waals surface area contributed by atoms with Gasteiger partial charge in [-0.1, -0.05) is 0 Å². The van der Waals surface area contributed by atoms with Crippen LogP contribution < -0.4 is 11.1 Å². The minimum absolute atomic E-state index is 0.223.